The van der Waals surface area contributed by atoms with Gasteiger partial charge >= 0.3 is 6.09 Å². The zero-order chi connectivity index (χ0) is 20.6. The number of nitrogens with one attached hydrogen (secondary N) is 1. The molecule has 166 valence electrons. The number of alkyl carbamates (subject to hydrolysis) is 1. The van der Waals surface area contributed by atoms with E-state index in [1.165, 1.54) is 0 Å². The number of hydrogen-bond acceptors (Lipinski definition) is 6. The van der Waals surface area contributed by atoms with E-state index in [1.807, 2.05) is 0 Å². The van der Waals surface area contributed by atoms with Crippen LogP contribution in [-0.2, 0) is 23.7 Å². The lowest BCUT2D eigenvalue weighted by Gasteiger charge is -2.08. The van der Waals surface area contributed by atoms with E-state index >= 15 is 0 Å². The van der Waals surface area contributed by atoms with E-state index in [1.54, 1.807) is 0 Å². The van der Waals surface area contributed by atoms with E-state index in [2.05, 4.69) is 24.1 Å². The molecular formula is C22H37NO6. The zero-order valence-electron chi connectivity index (χ0n) is 17.8. The Labute approximate surface area is 175 Å². The molecule has 0 heterocycles. The summed E-state index contributed by atoms with van der Waals surface area (Å²) in [5.41, 5.74) is 0. The Hall–Kier alpha value is -1.33. The van der Waals surface area contributed by atoms with Crippen molar-refractivity contribution in [2.24, 2.45) is 17.8 Å². The number of ether oxygens (including phenoxy) is 5. The van der Waals surface area contributed by atoms with Crippen LogP contribution in [0, 0.1) is 29.6 Å². The highest BCUT2D eigenvalue weighted by Gasteiger charge is 2.49. The molecule has 0 aliphatic heterocycles. The summed E-state index contributed by atoms with van der Waals surface area (Å²) in [6.45, 7) is 7.57. The molecule has 7 nitrogen and oxygen atoms in total. The van der Waals surface area contributed by atoms with E-state index in [4.69, 9.17) is 23.7 Å². The maximum atomic E-state index is 11.8. The smallest absolute Gasteiger partial charge is 0.407 e. The van der Waals surface area contributed by atoms with Gasteiger partial charge in [0.25, 0.3) is 0 Å². The highest BCUT2D eigenvalue weighted by molar-refractivity contribution is 5.67. The molecule has 1 saturated carbocycles. The summed E-state index contributed by atoms with van der Waals surface area (Å²) < 4.78 is 26.9. The van der Waals surface area contributed by atoms with Crippen LogP contribution in [0.2, 0.25) is 0 Å². The summed E-state index contributed by atoms with van der Waals surface area (Å²) >= 11 is 0. The molecular weight excluding hydrogens is 374 g/mol. The summed E-state index contributed by atoms with van der Waals surface area (Å²) in [5, 5.41) is 2.73. The monoisotopic (exact) mass is 411 g/mol. The number of rotatable bonds is 16. The third-order valence-electron chi connectivity index (χ3n) is 5.23. The largest absolute Gasteiger partial charge is 0.449 e. The molecule has 2 aliphatic carbocycles. The molecule has 2 aliphatic rings. The van der Waals surface area contributed by atoms with Crippen LogP contribution in [-0.4, -0.2) is 72.1 Å². The van der Waals surface area contributed by atoms with Gasteiger partial charge in [-0.2, -0.15) is 0 Å². The van der Waals surface area contributed by atoms with Crippen molar-refractivity contribution in [2.75, 3.05) is 66.0 Å². The first-order valence-electron chi connectivity index (χ1n) is 11.0. The average Bonchev–Trinajstić information content (AvgIpc) is 3.35. The summed E-state index contributed by atoms with van der Waals surface area (Å²) in [6.07, 6.45) is 4.90. The Kier molecular flexibility index (Phi) is 12.8. The minimum atomic E-state index is -0.361. The van der Waals surface area contributed by atoms with Gasteiger partial charge in [0.1, 0.15) is 0 Å². The van der Waals surface area contributed by atoms with Gasteiger partial charge in [0.05, 0.1) is 52.9 Å². The maximum Gasteiger partial charge on any atom is 0.407 e. The Morgan fingerprint density at radius 1 is 0.828 bits per heavy atom. The molecule has 1 N–H and O–H groups in total. The van der Waals surface area contributed by atoms with Gasteiger partial charge in [0, 0.05) is 26.0 Å². The van der Waals surface area contributed by atoms with Crippen molar-refractivity contribution in [3.63, 3.8) is 0 Å². The molecule has 7 heteroatoms. The summed E-state index contributed by atoms with van der Waals surface area (Å²) in [4.78, 5) is 11.8. The number of hydrogen-bond donors (Lipinski definition) is 1. The number of carbonyl (C=O) groups excluding carboxylic acids is 1. The van der Waals surface area contributed by atoms with E-state index in [9.17, 15) is 4.79 Å². The van der Waals surface area contributed by atoms with Crippen LogP contribution >= 0.6 is 0 Å². The average molecular weight is 412 g/mol. The van der Waals surface area contributed by atoms with Gasteiger partial charge < -0.3 is 29.0 Å². The number of fused-ring (bicyclic) bond motifs is 1. The second-order valence-corrected chi connectivity index (χ2v) is 7.40. The molecule has 29 heavy (non-hydrogen) atoms. The lowest BCUT2D eigenvalue weighted by Crippen LogP contribution is -2.29. The first-order chi connectivity index (χ1) is 14.3. The minimum Gasteiger partial charge on any atom is -0.449 e. The Morgan fingerprint density at radius 3 is 1.90 bits per heavy atom. The molecule has 0 aromatic heterocycles. The van der Waals surface area contributed by atoms with Crippen LogP contribution in [0.1, 0.15) is 39.0 Å². The third-order valence-corrected chi connectivity index (χ3v) is 5.23. The van der Waals surface area contributed by atoms with Crippen LogP contribution in [0.25, 0.3) is 0 Å². The lowest BCUT2D eigenvalue weighted by molar-refractivity contribution is -0.00138. The van der Waals surface area contributed by atoms with E-state index in [-0.39, 0.29) is 6.09 Å². The molecule has 0 aromatic carbocycles. The van der Waals surface area contributed by atoms with Gasteiger partial charge in [-0.15, -0.1) is 11.8 Å². The standard InChI is InChI=1S/C22H37NO6/c1-2-10-25-12-14-27-16-17-28-15-13-26-11-9-23-22(24)29-18-21-19-7-5-3-4-6-8-20(19)21/h19-21H,2,5-18H2,1H3,(H,23,24). The molecule has 2 rings (SSSR count). The topological polar surface area (TPSA) is 75.3 Å². The lowest BCUT2D eigenvalue weighted by atomic mass is 10.1. The van der Waals surface area contributed by atoms with Gasteiger partial charge in [0.15, 0.2) is 0 Å². The second kappa shape index (κ2) is 15.5. The van der Waals surface area contributed by atoms with Gasteiger partial charge in [-0.1, -0.05) is 6.92 Å². The van der Waals surface area contributed by atoms with Crippen LogP contribution in [0.15, 0.2) is 0 Å². The first-order valence-corrected chi connectivity index (χ1v) is 11.0. The summed E-state index contributed by atoms with van der Waals surface area (Å²) in [5.74, 6) is 8.30. The van der Waals surface area contributed by atoms with Gasteiger partial charge in [-0.05, 0) is 37.0 Å². The van der Waals surface area contributed by atoms with Crippen LogP contribution in [0.5, 0.6) is 0 Å². The van der Waals surface area contributed by atoms with Gasteiger partial charge in [-0.25, -0.2) is 4.79 Å². The molecule has 0 aromatic rings. The van der Waals surface area contributed by atoms with Crippen molar-refractivity contribution in [3.05, 3.63) is 0 Å². The zero-order valence-corrected chi connectivity index (χ0v) is 17.8. The number of carbonyl (C=O) groups is 1. The molecule has 2 unspecified atom stereocenters. The Morgan fingerprint density at radius 2 is 1.34 bits per heavy atom. The quantitative estimate of drug-likeness (QED) is 0.311. The fourth-order valence-electron chi connectivity index (χ4n) is 3.64. The predicted molar refractivity (Wildman–Crippen MR) is 110 cm³/mol. The summed E-state index contributed by atoms with van der Waals surface area (Å²) in [7, 11) is 0. The fourth-order valence-corrected chi connectivity index (χ4v) is 3.64. The molecule has 1 amide bonds. The highest BCUT2D eigenvalue weighted by atomic mass is 16.6. The van der Waals surface area contributed by atoms with E-state index in [0.29, 0.717) is 77.2 Å². The first kappa shape index (κ1) is 23.9. The van der Waals surface area contributed by atoms with Crippen LogP contribution in [0.3, 0.4) is 0 Å². The van der Waals surface area contributed by atoms with Crippen molar-refractivity contribution in [1.29, 1.82) is 0 Å². The third kappa shape index (κ3) is 10.9. The van der Waals surface area contributed by atoms with Crippen molar-refractivity contribution in [2.45, 2.75) is 39.0 Å². The molecule has 1 fully saturated rings. The minimum absolute atomic E-state index is 0.361. The van der Waals surface area contributed by atoms with Crippen LogP contribution in [0.4, 0.5) is 4.79 Å². The SMILES string of the molecule is CCCOCCOCCOCCOCCNC(=O)OCC1C2CCC#CCCC21. The molecule has 0 spiro atoms. The predicted octanol–water partition coefficient (Wildman–Crippen LogP) is 2.63. The Balaban J connectivity index is 1.31. The fraction of sp³-hybridized carbons (Fsp3) is 0.864. The molecule has 0 radical (unpaired) electrons. The number of amides is 1. The van der Waals surface area contributed by atoms with Crippen molar-refractivity contribution < 1.29 is 28.5 Å². The normalized spacial score (nSPS) is 22.6. The van der Waals surface area contributed by atoms with Gasteiger partial charge in [0.2, 0.25) is 0 Å². The van der Waals surface area contributed by atoms with Gasteiger partial charge in [-0.3, -0.25) is 0 Å². The highest BCUT2D eigenvalue weighted by Crippen LogP contribution is 2.52. The van der Waals surface area contributed by atoms with Crippen LogP contribution < -0.4 is 5.32 Å². The summed E-state index contributed by atoms with van der Waals surface area (Å²) in [6, 6.07) is 0. The van der Waals surface area contributed by atoms with Crippen molar-refractivity contribution in [3.8, 4) is 11.8 Å². The molecule has 0 bridgehead atoms. The molecule has 2 atom stereocenters. The second-order valence-electron chi connectivity index (χ2n) is 7.40. The van der Waals surface area contributed by atoms with E-state index < -0.39 is 0 Å². The maximum absolute atomic E-state index is 11.8. The van der Waals surface area contributed by atoms with Crippen molar-refractivity contribution >= 4 is 6.09 Å². The van der Waals surface area contributed by atoms with E-state index in [0.717, 1.165) is 38.7 Å². The Bertz CT molecular complexity index is 485. The molecule has 0 saturated heterocycles. The van der Waals surface area contributed by atoms with Crippen molar-refractivity contribution in [1.82, 2.24) is 5.32 Å².